The monoisotopic (exact) mass is 391 g/mol. The van der Waals surface area contributed by atoms with Crippen LogP contribution in [-0.4, -0.2) is 70.9 Å². The quantitative estimate of drug-likeness (QED) is 0.519. The largest absolute Gasteiger partial charge is 0.342 e. The number of hydrogen-bond donors (Lipinski definition) is 0. The highest BCUT2D eigenvalue weighted by atomic mass is 16.2. The Morgan fingerprint density at radius 2 is 0.931 bits per heavy atom. The lowest BCUT2D eigenvalue weighted by atomic mass is 10.1. The molecule has 2 aliphatic heterocycles. The van der Waals surface area contributed by atoms with Gasteiger partial charge in [-0.15, -0.1) is 0 Å². The van der Waals surface area contributed by atoms with Crippen molar-refractivity contribution in [2.45, 2.75) is 0 Å². The van der Waals surface area contributed by atoms with Crippen molar-refractivity contribution >= 4 is 30.0 Å². The van der Waals surface area contributed by atoms with Gasteiger partial charge in [0.1, 0.15) is 0 Å². The van der Waals surface area contributed by atoms with Gasteiger partial charge in [0.25, 0.3) is 23.6 Å². The SMILES string of the molecule is O=CN(CCN1C(=O)c2ccccc2C1=O)CCN1C(=O)c2ccccc2C1=O. The summed E-state index contributed by atoms with van der Waals surface area (Å²) in [5.74, 6) is -1.57. The van der Waals surface area contributed by atoms with Crippen molar-refractivity contribution in [3.8, 4) is 0 Å². The maximum Gasteiger partial charge on any atom is 0.261 e. The maximum atomic E-state index is 12.4. The van der Waals surface area contributed by atoms with E-state index in [-0.39, 0.29) is 26.2 Å². The van der Waals surface area contributed by atoms with Crippen molar-refractivity contribution in [2.24, 2.45) is 0 Å². The molecule has 0 unspecified atom stereocenters. The third kappa shape index (κ3) is 3.08. The molecule has 146 valence electrons. The van der Waals surface area contributed by atoms with Gasteiger partial charge in [-0.3, -0.25) is 33.8 Å². The molecule has 2 aliphatic rings. The molecule has 0 aromatic heterocycles. The summed E-state index contributed by atoms with van der Waals surface area (Å²) in [6.45, 7) is 0.288. The predicted molar refractivity (Wildman–Crippen MR) is 101 cm³/mol. The standard InChI is InChI=1S/C21H17N3O5/c25-13-22(9-11-23-18(26)14-5-1-2-6-15(14)19(23)27)10-12-24-20(28)16-7-3-4-8-17(16)21(24)29/h1-8,13H,9-12H2. The molecule has 2 aromatic rings. The van der Waals surface area contributed by atoms with Crippen LogP contribution in [0, 0.1) is 0 Å². The van der Waals surface area contributed by atoms with E-state index in [1.54, 1.807) is 48.5 Å². The van der Waals surface area contributed by atoms with E-state index in [0.29, 0.717) is 28.7 Å². The molecular formula is C21H17N3O5. The van der Waals surface area contributed by atoms with Crippen LogP contribution in [0.5, 0.6) is 0 Å². The van der Waals surface area contributed by atoms with Crippen molar-refractivity contribution < 1.29 is 24.0 Å². The molecule has 5 amide bonds. The van der Waals surface area contributed by atoms with Crippen molar-refractivity contribution in [1.29, 1.82) is 0 Å². The Labute approximate surface area is 166 Å². The van der Waals surface area contributed by atoms with Crippen LogP contribution < -0.4 is 0 Å². The van der Waals surface area contributed by atoms with Gasteiger partial charge < -0.3 is 4.90 Å². The van der Waals surface area contributed by atoms with Crippen LogP contribution in [0.15, 0.2) is 48.5 Å². The van der Waals surface area contributed by atoms with Crippen molar-refractivity contribution in [3.63, 3.8) is 0 Å². The summed E-state index contributed by atoms with van der Waals surface area (Å²) in [6.07, 6.45) is 0.580. The molecule has 0 saturated heterocycles. The Morgan fingerprint density at radius 3 is 1.21 bits per heavy atom. The highest BCUT2D eigenvalue weighted by Crippen LogP contribution is 2.23. The zero-order valence-corrected chi connectivity index (χ0v) is 15.4. The first-order valence-corrected chi connectivity index (χ1v) is 9.12. The van der Waals surface area contributed by atoms with Gasteiger partial charge in [-0.1, -0.05) is 24.3 Å². The van der Waals surface area contributed by atoms with Crippen LogP contribution in [0.1, 0.15) is 41.4 Å². The van der Waals surface area contributed by atoms with Gasteiger partial charge in [0, 0.05) is 26.2 Å². The second-order valence-corrected chi connectivity index (χ2v) is 6.76. The summed E-state index contributed by atoms with van der Waals surface area (Å²) in [4.78, 5) is 64.5. The lowest BCUT2D eigenvalue weighted by molar-refractivity contribution is -0.118. The lowest BCUT2D eigenvalue weighted by Gasteiger charge is -2.23. The molecule has 2 heterocycles. The number of nitrogens with zero attached hydrogens (tertiary/aromatic N) is 3. The third-order valence-corrected chi connectivity index (χ3v) is 5.13. The third-order valence-electron chi connectivity index (χ3n) is 5.13. The van der Waals surface area contributed by atoms with Gasteiger partial charge in [-0.25, -0.2) is 0 Å². The van der Waals surface area contributed by atoms with Gasteiger partial charge in [0.2, 0.25) is 6.41 Å². The van der Waals surface area contributed by atoms with Crippen LogP contribution in [-0.2, 0) is 4.79 Å². The first-order chi connectivity index (χ1) is 14.0. The summed E-state index contributed by atoms with van der Waals surface area (Å²) >= 11 is 0. The maximum absolute atomic E-state index is 12.4. The van der Waals surface area contributed by atoms with Crippen molar-refractivity contribution in [1.82, 2.24) is 14.7 Å². The second kappa shape index (κ2) is 7.31. The molecule has 29 heavy (non-hydrogen) atoms. The lowest BCUT2D eigenvalue weighted by Crippen LogP contribution is -2.42. The van der Waals surface area contributed by atoms with Gasteiger partial charge >= 0.3 is 0 Å². The topological polar surface area (TPSA) is 95.1 Å². The summed E-state index contributed by atoms with van der Waals surface area (Å²) in [5.41, 5.74) is 1.39. The minimum absolute atomic E-state index is 0.0349. The van der Waals surface area contributed by atoms with E-state index in [9.17, 15) is 24.0 Å². The van der Waals surface area contributed by atoms with Crippen molar-refractivity contribution in [2.75, 3.05) is 26.2 Å². The van der Waals surface area contributed by atoms with E-state index in [1.165, 1.54) is 4.90 Å². The van der Waals surface area contributed by atoms with Crippen LogP contribution in [0.2, 0.25) is 0 Å². The zero-order chi connectivity index (χ0) is 20.5. The number of carbonyl (C=O) groups is 5. The molecule has 8 heteroatoms. The van der Waals surface area contributed by atoms with Gasteiger partial charge in [0.15, 0.2) is 0 Å². The first kappa shape index (κ1) is 18.5. The van der Waals surface area contributed by atoms with E-state index in [2.05, 4.69) is 0 Å². The van der Waals surface area contributed by atoms with Crippen LogP contribution >= 0.6 is 0 Å². The first-order valence-electron chi connectivity index (χ1n) is 9.12. The second-order valence-electron chi connectivity index (χ2n) is 6.76. The minimum Gasteiger partial charge on any atom is -0.342 e. The molecule has 8 nitrogen and oxygen atoms in total. The average Bonchev–Trinajstić information content (AvgIpc) is 3.14. The summed E-state index contributed by atoms with van der Waals surface area (Å²) < 4.78 is 0. The Hall–Kier alpha value is -3.81. The van der Waals surface area contributed by atoms with E-state index in [0.717, 1.165) is 9.80 Å². The van der Waals surface area contributed by atoms with E-state index in [1.807, 2.05) is 0 Å². The number of fused-ring (bicyclic) bond motifs is 2. The average molecular weight is 391 g/mol. The molecule has 0 spiro atoms. The molecule has 0 saturated carbocycles. The Kier molecular flexibility index (Phi) is 4.67. The molecule has 0 atom stereocenters. The number of amides is 5. The summed E-state index contributed by atoms with van der Waals surface area (Å²) in [5, 5.41) is 0. The number of imide groups is 2. The number of benzene rings is 2. The molecular weight excluding hydrogens is 374 g/mol. The summed E-state index contributed by atoms with van der Waals surface area (Å²) in [7, 11) is 0. The fourth-order valence-corrected chi connectivity index (χ4v) is 3.56. The van der Waals surface area contributed by atoms with Crippen LogP contribution in [0.3, 0.4) is 0 Å². The van der Waals surface area contributed by atoms with Gasteiger partial charge in [-0.05, 0) is 24.3 Å². The molecule has 0 radical (unpaired) electrons. The molecule has 0 bridgehead atoms. The van der Waals surface area contributed by atoms with E-state index in [4.69, 9.17) is 0 Å². The van der Waals surface area contributed by atoms with Crippen LogP contribution in [0.4, 0.5) is 0 Å². The number of carbonyl (C=O) groups excluding carboxylic acids is 5. The van der Waals surface area contributed by atoms with E-state index < -0.39 is 23.6 Å². The Balaban J connectivity index is 1.36. The highest BCUT2D eigenvalue weighted by Gasteiger charge is 2.36. The highest BCUT2D eigenvalue weighted by molar-refractivity contribution is 6.22. The Bertz CT molecular complexity index is 899. The molecule has 0 N–H and O–H groups in total. The van der Waals surface area contributed by atoms with E-state index >= 15 is 0 Å². The molecule has 4 rings (SSSR count). The molecule has 2 aromatic carbocycles. The van der Waals surface area contributed by atoms with Crippen molar-refractivity contribution in [3.05, 3.63) is 70.8 Å². The molecule has 0 aliphatic carbocycles. The zero-order valence-electron chi connectivity index (χ0n) is 15.4. The van der Waals surface area contributed by atoms with Gasteiger partial charge in [0.05, 0.1) is 22.3 Å². The van der Waals surface area contributed by atoms with Gasteiger partial charge in [-0.2, -0.15) is 0 Å². The Morgan fingerprint density at radius 1 is 0.621 bits per heavy atom. The van der Waals surface area contributed by atoms with Crippen LogP contribution in [0.25, 0.3) is 0 Å². The smallest absolute Gasteiger partial charge is 0.261 e. The number of rotatable bonds is 7. The predicted octanol–water partition coefficient (Wildman–Crippen LogP) is 1.04. The summed E-state index contributed by atoms with van der Waals surface area (Å²) in [6, 6.07) is 13.1. The number of hydrogen-bond acceptors (Lipinski definition) is 5. The minimum atomic E-state index is -0.392. The normalized spacial score (nSPS) is 15.0. The molecule has 0 fully saturated rings. The fourth-order valence-electron chi connectivity index (χ4n) is 3.56. The fraction of sp³-hybridized carbons (Fsp3) is 0.190.